The highest BCUT2D eigenvalue weighted by Crippen LogP contribution is 2.26. The number of carbonyl (C=O) groups excluding carboxylic acids is 1. The van der Waals surface area contributed by atoms with Gasteiger partial charge in [0, 0.05) is 24.0 Å². The third-order valence-corrected chi connectivity index (χ3v) is 4.52. The maximum Gasteiger partial charge on any atom is 0.251 e. The van der Waals surface area contributed by atoms with Crippen molar-refractivity contribution in [3.8, 4) is 0 Å². The minimum absolute atomic E-state index is 0.0979. The minimum atomic E-state index is -0.0979. The quantitative estimate of drug-likeness (QED) is 0.484. The second-order valence-electron chi connectivity index (χ2n) is 6.38. The molecule has 0 radical (unpaired) electrons. The smallest absolute Gasteiger partial charge is 0.251 e. The van der Waals surface area contributed by atoms with Gasteiger partial charge in [-0.05, 0) is 18.2 Å². The van der Waals surface area contributed by atoms with Gasteiger partial charge in [-0.25, -0.2) is 9.97 Å². The molecule has 2 aromatic heterocycles. The lowest BCUT2D eigenvalue weighted by molar-refractivity contribution is 0.0909. The predicted molar refractivity (Wildman–Crippen MR) is 109 cm³/mol. The molecule has 0 aliphatic heterocycles. The molecule has 4 aromatic rings. The molecular formula is C21H21N5O2. The van der Waals surface area contributed by atoms with Gasteiger partial charge in [0.15, 0.2) is 5.82 Å². The van der Waals surface area contributed by atoms with Crippen molar-refractivity contribution in [3.63, 3.8) is 0 Å². The highest BCUT2D eigenvalue weighted by Gasteiger charge is 2.11. The Labute approximate surface area is 162 Å². The van der Waals surface area contributed by atoms with E-state index in [1.807, 2.05) is 47.0 Å². The van der Waals surface area contributed by atoms with Crippen LogP contribution in [0.1, 0.15) is 10.4 Å². The van der Waals surface area contributed by atoms with Crippen LogP contribution in [0.15, 0.2) is 60.9 Å². The number of amides is 1. The summed E-state index contributed by atoms with van der Waals surface area (Å²) in [5, 5.41) is 3.86. The first-order valence-electron chi connectivity index (χ1n) is 9.14. The van der Waals surface area contributed by atoms with Crippen molar-refractivity contribution in [3.05, 3.63) is 66.5 Å². The van der Waals surface area contributed by atoms with Crippen molar-refractivity contribution < 1.29 is 9.53 Å². The Bertz CT molecular complexity index is 1110. The van der Waals surface area contributed by atoms with E-state index in [4.69, 9.17) is 10.5 Å². The number of nitrogens with zero attached hydrogens (tertiary/aromatic N) is 3. The van der Waals surface area contributed by atoms with E-state index in [1.54, 1.807) is 18.5 Å². The monoisotopic (exact) mass is 375 g/mol. The summed E-state index contributed by atoms with van der Waals surface area (Å²) in [5.41, 5.74) is 9.20. The second kappa shape index (κ2) is 8.06. The molecule has 0 saturated carbocycles. The average molecular weight is 375 g/mol. The molecule has 0 atom stereocenters. The molecule has 142 valence electrons. The number of rotatable bonds is 7. The summed E-state index contributed by atoms with van der Waals surface area (Å²) in [7, 11) is 0. The van der Waals surface area contributed by atoms with Gasteiger partial charge in [-0.3, -0.25) is 4.79 Å². The summed E-state index contributed by atoms with van der Waals surface area (Å²) in [6.07, 6.45) is 1.76. The zero-order valence-electron chi connectivity index (χ0n) is 15.3. The van der Waals surface area contributed by atoms with Gasteiger partial charge in [0.2, 0.25) is 0 Å². The Morgan fingerprint density at radius 1 is 1.07 bits per heavy atom. The molecule has 2 aromatic carbocycles. The van der Waals surface area contributed by atoms with Crippen LogP contribution in [-0.4, -0.2) is 40.2 Å². The van der Waals surface area contributed by atoms with E-state index in [0.717, 1.165) is 16.4 Å². The van der Waals surface area contributed by atoms with Crippen molar-refractivity contribution in [1.82, 2.24) is 19.9 Å². The van der Waals surface area contributed by atoms with Crippen molar-refractivity contribution in [2.75, 3.05) is 25.5 Å². The summed E-state index contributed by atoms with van der Waals surface area (Å²) in [5.74, 6) is 0.330. The lowest BCUT2D eigenvalue weighted by Crippen LogP contribution is -2.27. The van der Waals surface area contributed by atoms with Crippen LogP contribution >= 0.6 is 0 Å². The minimum Gasteiger partial charge on any atom is -0.382 e. The Morgan fingerprint density at radius 3 is 2.71 bits per heavy atom. The molecule has 0 aliphatic carbocycles. The van der Waals surface area contributed by atoms with Gasteiger partial charge < -0.3 is 20.4 Å². The fraction of sp³-hybridized carbons (Fsp3) is 0.190. The molecule has 7 nitrogen and oxygen atoms in total. The zero-order valence-corrected chi connectivity index (χ0v) is 15.3. The fourth-order valence-electron chi connectivity index (χ4n) is 3.17. The van der Waals surface area contributed by atoms with E-state index in [-0.39, 0.29) is 5.91 Å². The van der Waals surface area contributed by atoms with E-state index >= 15 is 0 Å². The second-order valence-corrected chi connectivity index (χ2v) is 6.38. The van der Waals surface area contributed by atoms with Crippen LogP contribution in [0.5, 0.6) is 0 Å². The lowest BCUT2D eigenvalue weighted by Gasteiger charge is -2.09. The van der Waals surface area contributed by atoms with Crippen molar-refractivity contribution in [1.29, 1.82) is 0 Å². The third kappa shape index (κ3) is 3.65. The van der Waals surface area contributed by atoms with E-state index in [0.29, 0.717) is 43.2 Å². The molecule has 3 N–H and O–H groups in total. The van der Waals surface area contributed by atoms with Crippen LogP contribution in [0.4, 0.5) is 5.82 Å². The SMILES string of the molecule is Nc1nc2ccccc2c2c1ncn2CCOCCNC(=O)c1ccccc1. The number of para-hydroxylation sites is 1. The molecule has 0 saturated heterocycles. The summed E-state index contributed by atoms with van der Waals surface area (Å²) < 4.78 is 7.70. The first kappa shape index (κ1) is 17.9. The van der Waals surface area contributed by atoms with Gasteiger partial charge in [0.1, 0.15) is 5.52 Å². The van der Waals surface area contributed by atoms with Gasteiger partial charge in [-0.1, -0.05) is 36.4 Å². The maximum atomic E-state index is 12.0. The number of nitrogens with two attached hydrogens (primary N) is 1. The fourth-order valence-corrected chi connectivity index (χ4v) is 3.17. The number of pyridine rings is 1. The van der Waals surface area contributed by atoms with Crippen LogP contribution in [0.25, 0.3) is 21.9 Å². The van der Waals surface area contributed by atoms with Crippen LogP contribution in [0.3, 0.4) is 0 Å². The number of nitrogen functional groups attached to an aromatic ring is 1. The topological polar surface area (TPSA) is 95.1 Å². The molecule has 7 heteroatoms. The molecule has 1 amide bonds. The van der Waals surface area contributed by atoms with E-state index in [2.05, 4.69) is 15.3 Å². The van der Waals surface area contributed by atoms with Crippen molar-refractivity contribution >= 4 is 33.7 Å². The van der Waals surface area contributed by atoms with Crippen LogP contribution in [0, 0.1) is 0 Å². The number of aromatic nitrogens is 3. The summed E-state index contributed by atoms with van der Waals surface area (Å²) >= 11 is 0. The number of hydrogen-bond acceptors (Lipinski definition) is 5. The standard InChI is InChI=1S/C21H21N5O2/c22-20-18-19(16-8-4-5-9-17(16)25-20)26(14-24-18)11-13-28-12-10-23-21(27)15-6-2-1-3-7-15/h1-9,14H,10-13H2,(H2,22,25)(H,23,27). The van der Waals surface area contributed by atoms with Crippen molar-refractivity contribution in [2.24, 2.45) is 0 Å². The van der Waals surface area contributed by atoms with Crippen LogP contribution in [0.2, 0.25) is 0 Å². The number of ether oxygens (including phenoxy) is 1. The van der Waals surface area contributed by atoms with E-state index in [1.165, 1.54) is 0 Å². The molecule has 4 rings (SSSR count). The summed E-state index contributed by atoms with van der Waals surface area (Å²) in [6.45, 7) is 2.04. The number of imidazole rings is 1. The highest BCUT2D eigenvalue weighted by atomic mass is 16.5. The first-order valence-corrected chi connectivity index (χ1v) is 9.14. The van der Waals surface area contributed by atoms with Crippen molar-refractivity contribution in [2.45, 2.75) is 6.54 Å². The molecule has 0 spiro atoms. The number of nitrogens with one attached hydrogen (secondary N) is 1. The molecule has 0 bridgehead atoms. The molecule has 0 fully saturated rings. The van der Waals surface area contributed by atoms with Gasteiger partial charge in [-0.15, -0.1) is 0 Å². The number of carbonyl (C=O) groups is 1. The maximum absolute atomic E-state index is 12.0. The number of hydrogen-bond donors (Lipinski definition) is 2. The van der Waals surface area contributed by atoms with Gasteiger partial charge >= 0.3 is 0 Å². The molecule has 2 heterocycles. The largest absolute Gasteiger partial charge is 0.382 e. The van der Waals surface area contributed by atoms with Gasteiger partial charge in [0.25, 0.3) is 5.91 Å². The third-order valence-electron chi connectivity index (χ3n) is 4.52. The number of anilines is 1. The van der Waals surface area contributed by atoms with Crippen LogP contribution in [-0.2, 0) is 11.3 Å². The zero-order chi connectivity index (χ0) is 19.3. The predicted octanol–water partition coefficient (Wildman–Crippen LogP) is 2.61. The lowest BCUT2D eigenvalue weighted by atomic mass is 10.2. The van der Waals surface area contributed by atoms with E-state index in [9.17, 15) is 4.79 Å². The normalized spacial score (nSPS) is 11.1. The van der Waals surface area contributed by atoms with Crippen LogP contribution < -0.4 is 11.1 Å². The molecular weight excluding hydrogens is 354 g/mol. The number of fused-ring (bicyclic) bond motifs is 3. The Morgan fingerprint density at radius 2 is 1.86 bits per heavy atom. The first-order chi connectivity index (χ1) is 13.7. The molecule has 0 aliphatic rings. The summed E-state index contributed by atoms with van der Waals surface area (Å²) in [4.78, 5) is 20.8. The summed E-state index contributed by atoms with van der Waals surface area (Å²) in [6, 6.07) is 17.0. The average Bonchev–Trinajstić information content (AvgIpc) is 3.16. The van der Waals surface area contributed by atoms with Gasteiger partial charge in [0.05, 0.1) is 30.6 Å². The molecule has 0 unspecified atom stereocenters. The Kier molecular flexibility index (Phi) is 5.16. The molecule has 28 heavy (non-hydrogen) atoms. The Hall–Kier alpha value is -3.45. The Balaban J connectivity index is 1.33. The highest BCUT2D eigenvalue weighted by molar-refractivity contribution is 6.06. The van der Waals surface area contributed by atoms with E-state index < -0.39 is 0 Å². The van der Waals surface area contributed by atoms with Gasteiger partial charge in [-0.2, -0.15) is 0 Å². The number of benzene rings is 2.